The Morgan fingerprint density at radius 1 is 1.04 bits per heavy atom. The highest BCUT2D eigenvalue weighted by molar-refractivity contribution is 6.28. The molecule has 6 nitrogen and oxygen atoms in total. The highest BCUT2D eigenvalue weighted by Gasteiger charge is 2.08. The van der Waals surface area contributed by atoms with E-state index in [0.29, 0.717) is 18.0 Å². The van der Waals surface area contributed by atoms with Crippen molar-refractivity contribution in [2.75, 3.05) is 5.32 Å². The van der Waals surface area contributed by atoms with Crippen LogP contribution in [0.4, 0.5) is 5.82 Å². The van der Waals surface area contributed by atoms with Crippen molar-refractivity contribution in [3.05, 3.63) is 66.0 Å². The van der Waals surface area contributed by atoms with Crippen LogP contribution in [0.3, 0.4) is 0 Å². The number of nitrogens with zero attached hydrogens (tertiary/aromatic N) is 4. The molecular weight excluding hydrogens is 324 g/mol. The van der Waals surface area contributed by atoms with Crippen LogP contribution < -0.4 is 5.32 Å². The minimum Gasteiger partial charge on any atom is -0.364 e. The summed E-state index contributed by atoms with van der Waals surface area (Å²) in [4.78, 5) is 19.5. The Morgan fingerprint density at radius 2 is 1.92 bits per heavy atom. The van der Waals surface area contributed by atoms with Gasteiger partial charge in [-0.2, -0.15) is 9.97 Å². The van der Waals surface area contributed by atoms with Crippen molar-refractivity contribution < 1.29 is 0 Å². The number of fused-ring (bicyclic) bond motifs is 1. The molecule has 0 saturated heterocycles. The van der Waals surface area contributed by atoms with E-state index >= 15 is 0 Å². The standard InChI is InChI=1S/C17H13ClN6/c18-17-23-15(14-16(24-17)22-10-21-14)20-8-11-3-5-12(6-4-11)13-2-1-7-19-9-13/h1-7,9-10H,8H2,(H2,20,21,22,23,24). The fourth-order valence-corrected chi connectivity index (χ4v) is 2.63. The molecule has 0 bridgehead atoms. The second kappa shape index (κ2) is 6.25. The van der Waals surface area contributed by atoms with E-state index in [4.69, 9.17) is 11.6 Å². The van der Waals surface area contributed by atoms with Crippen LogP contribution in [0, 0.1) is 0 Å². The van der Waals surface area contributed by atoms with Gasteiger partial charge in [0.2, 0.25) is 5.28 Å². The van der Waals surface area contributed by atoms with Crippen molar-refractivity contribution in [2.24, 2.45) is 0 Å². The number of halogens is 1. The van der Waals surface area contributed by atoms with Crippen molar-refractivity contribution in [3.63, 3.8) is 0 Å². The molecule has 0 unspecified atom stereocenters. The highest BCUT2D eigenvalue weighted by Crippen LogP contribution is 2.21. The Bertz CT molecular complexity index is 965. The zero-order chi connectivity index (χ0) is 16.4. The number of H-pyrrole nitrogens is 1. The number of aromatic amines is 1. The summed E-state index contributed by atoms with van der Waals surface area (Å²) in [5.74, 6) is 0.638. The normalized spacial score (nSPS) is 10.9. The SMILES string of the molecule is Clc1nc(NCc2ccc(-c3cccnc3)cc2)c2[nH]cnc2n1. The molecule has 0 saturated carbocycles. The van der Waals surface area contributed by atoms with Gasteiger partial charge in [-0.3, -0.25) is 4.98 Å². The van der Waals surface area contributed by atoms with Crippen LogP contribution in [-0.2, 0) is 6.54 Å². The Morgan fingerprint density at radius 3 is 2.71 bits per heavy atom. The van der Waals surface area contributed by atoms with Crippen LogP contribution in [0.15, 0.2) is 55.1 Å². The van der Waals surface area contributed by atoms with Crippen LogP contribution in [0.5, 0.6) is 0 Å². The van der Waals surface area contributed by atoms with E-state index in [1.807, 2.05) is 18.3 Å². The van der Waals surface area contributed by atoms with Crippen molar-refractivity contribution in [1.82, 2.24) is 24.9 Å². The van der Waals surface area contributed by atoms with Crippen molar-refractivity contribution in [2.45, 2.75) is 6.54 Å². The summed E-state index contributed by atoms with van der Waals surface area (Å²) < 4.78 is 0. The van der Waals surface area contributed by atoms with E-state index in [1.54, 1.807) is 12.5 Å². The average Bonchev–Trinajstić information content (AvgIpc) is 3.09. The molecule has 0 aliphatic rings. The van der Waals surface area contributed by atoms with Gasteiger partial charge in [0.1, 0.15) is 5.52 Å². The number of hydrogen-bond acceptors (Lipinski definition) is 5. The molecule has 0 fully saturated rings. The first-order valence-electron chi connectivity index (χ1n) is 7.39. The molecule has 3 aromatic heterocycles. The van der Waals surface area contributed by atoms with Gasteiger partial charge in [-0.05, 0) is 34.4 Å². The minimum atomic E-state index is 0.170. The summed E-state index contributed by atoms with van der Waals surface area (Å²) in [5.41, 5.74) is 4.65. The summed E-state index contributed by atoms with van der Waals surface area (Å²) >= 11 is 5.93. The molecule has 4 aromatic rings. The Hall–Kier alpha value is -2.99. The predicted molar refractivity (Wildman–Crippen MR) is 93.7 cm³/mol. The second-order valence-corrected chi connectivity index (χ2v) is 5.57. The van der Waals surface area contributed by atoms with E-state index in [-0.39, 0.29) is 5.28 Å². The third-order valence-electron chi connectivity index (χ3n) is 3.67. The number of imidazole rings is 1. The minimum absolute atomic E-state index is 0.170. The van der Waals surface area contributed by atoms with Crippen LogP contribution in [0.25, 0.3) is 22.3 Å². The van der Waals surface area contributed by atoms with Crippen LogP contribution in [-0.4, -0.2) is 24.9 Å². The van der Waals surface area contributed by atoms with Gasteiger partial charge < -0.3 is 10.3 Å². The lowest BCUT2D eigenvalue weighted by Gasteiger charge is -2.08. The zero-order valence-electron chi connectivity index (χ0n) is 12.6. The van der Waals surface area contributed by atoms with Gasteiger partial charge in [0, 0.05) is 18.9 Å². The molecule has 1 aromatic carbocycles. The fraction of sp³-hybridized carbons (Fsp3) is 0.0588. The maximum atomic E-state index is 5.93. The van der Waals surface area contributed by atoms with Gasteiger partial charge in [-0.15, -0.1) is 0 Å². The molecule has 0 spiro atoms. The first-order chi connectivity index (χ1) is 11.8. The quantitative estimate of drug-likeness (QED) is 0.556. The van der Waals surface area contributed by atoms with Gasteiger partial charge in [0.05, 0.1) is 6.33 Å². The topological polar surface area (TPSA) is 79.4 Å². The molecule has 0 amide bonds. The van der Waals surface area contributed by atoms with Crippen LogP contribution >= 0.6 is 11.6 Å². The molecule has 118 valence electrons. The molecule has 4 rings (SSSR count). The van der Waals surface area contributed by atoms with Crippen molar-refractivity contribution in [1.29, 1.82) is 0 Å². The Kier molecular flexibility index (Phi) is 3.80. The van der Waals surface area contributed by atoms with Gasteiger partial charge in [-0.25, -0.2) is 4.98 Å². The van der Waals surface area contributed by atoms with Crippen molar-refractivity contribution >= 4 is 28.6 Å². The smallest absolute Gasteiger partial charge is 0.226 e. The molecule has 0 radical (unpaired) electrons. The van der Waals surface area contributed by atoms with Crippen molar-refractivity contribution in [3.8, 4) is 11.1 Å². The molecule has 0 atom stereocenters. The molecule has 3 heterocycles. The maximum absolute atomic E-state index is 5.93. The van der Waals surface area contributed by atoms with E-state index < -0.39 is 0 Å². The third-order valence-corrected chi connectivity index (χ3v) is 3.84. The molecule has 0 aliphatic heterocycles. The number of benzene rings is 1. The van der Waals surface area contributed by atoms with Gasteiger partial charge in [-0.1, -0.05) is 30.3 Å². The van der Waals surface area contributed by atoms with E-state index in [1.165, 1.54) is 0 Å². The monoisotopic (exact) mass is 336 g/mol. The van der Waals surface area contributed by atoms with Gasteiger partial charge >= 0.3 is 0 Å². The van der Waals surface area contributed by atoms with E-state index in [9.17, 15) is 0 Å². The maximum Gasteiger partial charge on any atom is 0.226 e. The summed E-state index contributed by atoms with van der Waals surface area (Å²) in [7, 11) is 0. The van der Waals surface area contributed by atoms with E-state index in [2.05, 4.69) is 54.5 Å². The number of anilines is 1. The Labute approximate surface area is 143 Å². The fourth-order valence-electron chi connectivity index (χ4n) is 2.47. The van der Waals surface area contributed by atoms with Crippen LogP contribution in [0.1, 0.15) is 5.56 Å². The summed E-state index contributed by atoms with van der Waals surface area (Å²) in [6.45, 7) is 0.620. The zero-order valence-corrected chi connectivity index (χ0v) is 13.3. The molecule has 2 N–H and O–H groups in total. The number of nitrogens with one attached hydrogen (secondary N) is 2. The number of hydrogen-bond donors (Lipinski definition) is 2. The molecule has 0 aliphatic carbocycles. The molecule has 7 heteroatoms. The lowest BCUT2D eigenvalue weighted by molar-refractivity contribution is 1.10. The predicted octanol–water partition coefficient (Wildman–Crippen LogP) is 3.68. The number of aromatic nitrogens is 5. The lowest BCUT2D eigenvalue weighted by atomic mass is 10.1. The molecule has 24 heavy (non-hydrogen) atoms. The summed E-state index contributed by atoms with van der Waals surface area (Å²) in [6.07, 6.45) is 5.19. The third kappa shape index (κ3) is 2.91. The first kappa shape index (κ1) is 14.6. The highest BCUT2D eigenvalue weighted by atomic mass is 35.5. The number of pyridine rings is 1. The largest absolute Gasteiger partial charge is 0.364 e. The summed E-state index contributed by atoms with van der Waals surface area (Å²) in [5, 5.41) is 3.44. The number of rotatable bonds is 4. The van der Waals surface area contributed by atoms with Crippen LogP contribution in [0.2, 0.25) is 5.28 Å². The second-order valence-electron chi connectivity index (χ2n) is 5.23. The molecular formula is C17H13ClN6. The Balaban J connectivity index is 1.52. The van der Waals surface area contributed by atoms with Gasteiger partial charge in [0.15, 0.2) is 11.5 Å². The average molecular weight is 337 g/mol. The van der Waals surface area contributed by atoms with E-state index in [0.717, 1.165) is 22.2 Å². The first-order valence-corrected chi connectivity index (χ1v) is 7.77. The van der Waals surface area contributed by atoms with Gasteiger partial charge in [0.25, 0.3) is 0 Å². The lowest BCUT2D eigenvalue weighted by Crippen LogP contribution is -2.03. The summed E-state index contributed by atoms with van der Waals surface area (Å²) in [6, 6.07) is 12.3.